The van der Waals surface area contributed by atoms with E-state index >= 15 is 0 Å². The Hall–Kier alpha value is -2.53. The first kappa shape index (κ1) is 37.7. The summed E-state index contributed by atoms with van der Waals surface area (Å²) in [6, 6.07) is 15.6. The fraction of sp³-hybridized carbons (Fsp3) is 0.675. The van der Waals surface area contributed by atoms with Crippen molar-refractivity contribution in [1.29, 1.82) is 0 Å². The van der Waals surface area contributed by atoms with Crippen LogP contribution in [0.5, 0.6) is 5.75 Å². The average Bonchev–Trinajstić information content (AvgIpc) is 3.39. The Labute approximate surface area is 294 Å². The number of fused-ring (bicyclic) bond motifs is 2. The van der Waals surface area contributed by atoms with E-state index < -0.39 is 24.2 Å². The molecule has 2 aromatic carbocycles. The molecule has 1 heterocycles. The summed E-state index contributed by atoms with van der Waals surface area (Å²) in [7, 11) is 4.23. The number of hydrogen-bond donors (Lipinski definition) is 4. The number of likely N-dealkylation sites (N-methyl/N-ethyl adjacent to an activating group) is 1. The molecule has 4 N–H and O–H groups in total. The average molecular weight is 679 g/mol. The molecular weight excluding hydrogens is 616 g/mol. The van der Waals surface area contributed by atoms with Gasteiger partial charge in [-0.25, -0.2) is 0 Å². The molecule has 9 nitrogen and oxygen atoms in total. The van der Waals surface area contributed by atoms with Crippen LogP contribution in [0.15, 0.2) is 48.5 Å². The molecule has 4 aliphatic rings. The van der Waals surface area contributed by atoms with Crippen LogP contribution in [0.1, 0.15) is 77.5 Å². The van der Waals surface area contributed by atoms with Gasteiger partial charge in [-0.3, -0.25) is 14.5 Å². The van der Waals surface area contributed by atoms with Crippen LogP contribution in [0.25, 0.3) is 0 Å². The third-order valence-electron chi connectivity index (χ3n) is 11.9. The molecule has 3 aliphatic carbocycles. The predicted octanol–water partition coefficient (Wildman–Crippen LogP) is 5.03. The zero-order chi connectivity index (χ0) is 35.6. The number of aromatic hydroxyl groups is 1. The van der Waals surface area contributed by atoms with Crippen molar-refractivity contribution in [1.82, 2.24) is 20.2 Å². The monoisotopic (exact) mass is 678 g/mol. The summed E-state index contributed by atoms with van der Waals surface area (Å²) in [4.78, 5) is 25.1. The molecule has 9 atom stereocenters. The van der Waals surface area contributed by atoms with Crippen molar-refractivity contribution in [3.05, 3.63) is 65.2 Å². The molecule has 3 saturated carbocycles. The van der Waals surface area contributed by atoms with Crippen LogP contribution in [0, 0.1) is 35.0 Å². The van der Waals surface area contributed by atoms with E-state index in [4.69, 9.17) is 4.84 Å². The third-order valence-corrected chi connectivity index (χ3v) is 11.9. The first-order chi connectivity index (χ1) is 23.2. The fourth-order valence-electron chi connectivity index (χ4n) is 9.23. The molecule has 4 fully saturated rings. The molecular formula is C40H62N4O5. The highest BCUT2D eigenvalue weighted by Gasteiger charge is 2.57. The van der Waals surface area contributed by atoms with Crippen LogP contribution >= 0.6 is 0 Å². The molecule has 1 saturated heterocycles. The van der Waals surface area contributed by atoms with E-state index in [2.05, 4.69) is 94.2 Å². The number of rotatable bonds is 15. The Balaban J connectivity index is 1.36. The summed E-state index contributed by atoms with van der Waals surface area (Å²) >= 11 is 0. The highest BCUT2D eigenvalue weighted by atomic mass is 16.7. The van der Waals surface area contributed by atoms with E-state index in [-0.39, 0.29) is 24.3 Å². The maximum absolute atomic E-state index is 14.1. The number of amides is 1. The Bertz CT molecular complexity index is 1390. The highest BCUT2D eigenvalue weighted by molar-refractivity contribution is 5.82. The van der Waals surface area contributed by atoms with E-state index in [1.807, 2.05) is 12.1 Å². The molecule has 2 bridgehead atoms. The van der Waals surface area contributed by atoms with Crippen LogP contribution in [-0.4, -0.2) is 93.7 Å². The van der Waals surface area contributed by atoms with Gasteiger partial charge in [-0.2, -0.15) is 5.06 Å². The van der Waals surface area contributed by atoms with E-state index in [0.717, 1.165) is 36.1 Å². The maximum Gasteiger partial charge on any atom is 0.240 e. The summed E-state index contributed by atoms with van der Waals surface area (Å²) in [5.41, 5.74) is 3.53. The number of hydroxylamine groups is 2. The van der Waals surface area contributed by atoms with Crippen LogP contribution in [-0.2, 0) is 29.3 Å². The molecule has 1 aliphatic heterocycles. The lowest BCUT2D eigenvalue weighted by atomic mass is 9.45. The van der Waals surface area contributed by atoms with Crippen molar-refractivity contribution in [2.45, 2.75) is 111 Å². The van der Waals surface area contributed by atoms with Gasteiger partial charge in [-0.05, 0) is 98.2 Å². The Morgan fingerprint density at radius 2 is 1.69 bits per heavy atom. The van der Waals surface area contributed by atoms with Crippen LogP contribution < -0.4 is 5.32 Å². The van der Waals surface area contributed by atoms with E-state index in [0.29, 0.717) is 54.8 Å². The van der Waals surface area contributed by atoms with Gasteiger partial charge in [0.1, 0.15) is 17.9 Å². The van der Waals surface area contributed by atoms with E-state index in [9.17, 15) is 20.1 Å². The van der Waals surface area contributed by atoms with Gasteiger partial charge in [0.2, 0.25) is 5.91 Å². The van der Waals surface area contributed by atoms with Gasteiger partial charge < -0.3 is 25.5 Å². The number of carbonyl (C=O) groups is 1. The van der Waals surface area contributed by atoms with Crippen LogP contribution in [0.4, 0.5) is 0 Å². The Morgan fingerprint density at radius 1 is 1.04 bits per heavy atom. The second-order valence-electron chi connectivity index (χ2n) is 16.7. The summed E-state index contributed by atoms with van der Waals surface area (Å²) in [6.45, 7) is 15.6. The predicted molar refractivity (Wildman–Crippen MR) is 193 cm³/mol. The number of benzene rings is 2. The van der Waals surface area contributed by atoms with Gasteiger partial charge in [0.25, 0.3) is 0 Å². The van der Waals surface area contributed by atoms with Crippen molar-refractivity contribution in [2.24, 2.45) is 35.0 Å². The summed E-state index contributed by atoms with van der Waals surface area (Å²) < 4.78 is 0. The molecule has 2 aromatic rings. The van der Waals surface area contributed by atoms with Crippen LogP contribution in [0.3, 0.4) is 0 Å². The number of aliphatic hydroxyl groups excluding tert-OH is 2. The van der Waals surface area contributed by atoms with Crippen molar-refractivity contribution in [2.75, 3.05) is 27.2 Å². The lowest BCUT2D eigenvalue weighted by Crippen LogP contribution is -2.62. The van der Waals surface area contributed by atoms with Crippen molar-refractivity contribution >= 4 is 5.91 Å². The molecule has 2 unspecified atom stereocenters. The van der Waals surface area contributed by atoms with Crippen molar-refractivity contribution in [3.63, 3.8) is 0 Å². The number of carbonyl (C=O) groups excluding carboxylic acids is 1. The quantitative estimate of drug-likeness (QED) is 0.208. The Kier molecular flexibility index (Phi) is 12.2. The first-order valence-electron chi connectivity index (χ1n) is 18.4. The van der Waals surface area contributed by atoms with Gasteiger partial charge >= 0.3 is 0 Å². The zero-order valence-electron chi connectivity index (χ0n) is 31.0. The second kappa shape index (κ2) is 15.8. The fourth-order valence-corrected chi connectivity index (χ4v) is 9.23. The normalized spacial score (nSPS) is 29.3. The number of phenolic OH excluding ortho intramolecular Hbond substituents is 1. The van der Waals surface area contributed by atoms with Crippen LogP contribution in [0.2, 0.25) is 0 Å². The lowest BCUT2D eigenvalue weighted by Gasteiger charge is -2.62. The van der Waals surface area contributed by atoms with Gasteiger partial charge in [0.15, 0.2) is 0 Å². The summed E-state index contributed by atoms with van der Waals surface area (Å²) in [5, 5.41) is 36.4. The molecule has 0 radical (unpaired) electrons. The van der Waals surface area contributed by atoms with Crippen molar-refractivity contribution < 1.29 is 25.0 Å². The minimum absolute atomic E-state index is 0.0933. The maximum atomic E-state index is 14.1. The summed E-state index contributed by atoms with van der Waals surface area (Å²) in [5.74, 6) is 1.69. The van der Waals surface area contributed by atoms with Gasteiger partial charge in [-0.15, -0.1) is 0 Å². The second-order valence-corrected chi connectivity index (χ2v) is 16.7. The summed E-state index contributed by atoms with van der Waals surface area (Å²) in [6.07, 6.45) is 1.74. The molecule has 9 heteroatoms. The minimum Gasteiger partial charge on any atom is -0.508 e. The molecule has 1 amide bonds. The molecule has 0 spiro atoms. The van der Waals surface area contributed by atoms with Gasteiger partial charge in [0.05, 0.1) is 19.3 Å². The van der Waals surface area contributed by atoms with Gasteiger partial charge in [-0.1, -0.05) is 71.0 Å². The number of nitrogens with one attached hydrogen (secondary N) is 1. The third kappa shape index (κ3) is 8.68. The molecule has 0 aromatic heterocycles. The minimum atomic E-state index is -0.832. The topological polar surface area (TPSA) is 109 Å². The number of phenols is 1. The number of hydrogen-bond acceptors (Lipinski definition) is 8. The first-order valence-corrected chi connectivity index (χ1v) is 18.4. The Morgan fingerprint density at radius 3 is 2.27 bits per heavy atom. The highest BCUT2D eigenvalue weighted by Crippen LogP contribution is 2.61. The van der Waals surface area contributed by atoms with Crippen molar-refractivity contribution in [3.8, 4) is 5.75 Å². The standard InChI is InChI=1S/C40H62N4O5/c1-25(2)15-32(23-42(7)8)43(21-30-13-10-14-33(47)17-30)20-28-11-9-12-29(16-28)22-44-38(37(27(4)46)36(24-45)49-44)39(48)41-35-19-31-18-34(26(35)3)40(31,5)6/h9-14,16-17,25-27,31-32,34-38,45-47H,15,18-24H2,1-8H3,(H,41,48)/t26-,27+,31?,32+,34?,35+,36+,37-,38+/m1/s1. The molecule has 272 valence electrons. The van der Waals surface area contributed by atoms with Gasteiger partial charge in [0, 0.05) is 37.6 Å². The number of nitrogens with zero attached hydrogens (tertiary/aromatic N) is 3. The SMILES string of the molecule is CC(C)C[C@@H](CN(C)C)N(Cc1cccc(O)c1)Cc1cccc(CN2O[C@@H](CO)[C@@H]([C@H](C)O)[C@H]2C(=O)N[C@H]2CC3CC([C@H]2C)C3(C)C)c1. The number of aliphatic hydroxyl groups is 2. The zero-order valence-corrected chi connectivity index (χ0v) is 31.0. The molecule has 6 rings (SSSR count). The lowest BCUT2D eigenvalue weighted by molar-refractivity contribution is -0.183. The molecule has 49 heavy (non-hydrogen) atoms. The van der Waals surface area contributed by atoms with E-state index in [1.165, 1.54) is 6.42 Å². The van der Waals surface area contributed by atoms with E-state index in [1.54, 1.807) is 18.1 Å². The largest absolute Gasteiger partial charge is 0.508 e. The smallest absolute Gasteiger partial charge is 0.240 e.